The van der Waals surface area contributed by atoms with E-state index in [0.717, 1.165) is 5.56 Å². The van der Waals surface area contributed by atoms with E-state index in [4.69, 9.17) is 24.4 Å². The van der Waals surface area contributed by atoms with Crippen LogP contribution in [0, 0.1) is 11.3 Å². The van der Waals surface area contributed by atoms with Gasteiger partial charge in [-0.2, -0.15) is 5.26 Å². The van der Waals surface area contributed by atoms with Crippen LogP contribution in [0.15, 0.2) is 58.0 Å². The zero-order valence-corrected chi connectivity index (χ0v) is 15.1. The minimum Gasteiger partial charge on any atom is -0.192 e. The minimum absolute atomic E-state index is 0.399. The molecule has 1 nitrogen and oxygen atoms in total. The monoisotopic (exact) mass is 425 g/mol. The summed E-state index contributed by atoms with van der Waals surface area (Å²) >= 11 is 17.2. The lowest BCUT2D eigenvalue weighted by Gasteiger charge is -2.12. The second kappa shape index (κ2) is 7.75. The molecule has 1 aromatic rings. The molecule has 0 spiro atoms. The van der Waals surface area contributed by atoms with E-state index in [2.05, 4.69) is 51.1 Å². The summed E-state index contributed by atoms with van der Waals surface area (Å²) < 4.78 is 1.00. The summed E-state index contributed by atoms with van der Waals surface area (Å²) in [5.41, 5.74) is 1.63. The van der Waals surface area contributed by atoms with Gasteiger partial charge in [-0.15, -0.1) is 0 Å². The topological polar surface area (TPSA) is 23.8 Å². The van der Waals surface area contributed by atoms with Crippen LogP contribution in [0.25, 0.3) is 5.57 Å². The molecular weight excluding hydrogens is 418 g/mol. The van der Waals surface area contributed by atoms with Crippen LogP contribution < -0.4 is 0 Å². The summed E-state index contributed by atoms with van der Waals surface area (Å²) in [5, 5.41) is 9.49. The SMILES string of the molecule is C=C(Br)C(=S)C(C(=S)C(=C)Br)=C(C#N)c1ccccc1. The Morgan fingerprint density at radius 1 is 1.00 bits per heavy atom. The normalized spacial score (nSPS) is 9.25. The predicted octanol–water partition coefficient (Wildman–Crippen LogP) is 5.52. The van der Waals surface area contributed by atoms with Crippen LogP contribution in [0.2, 0.25) is 0 Å². The lowest BCUT2D eigenvalue weighted by molar-refractivity contribution is 1.52. The highest BCUT2D eigenvalue weighted by Crippen LogP contribution is 2.27. The number of nitrogens with zero attached hydrogens (tertiary/aromatic N) is 1. The second-order valence-corrected chi connectivity index (χ2v) is 6.43. The number of allylic oxidation sites excluding steroid dienone is 4. The maximum absolute atomic E-state index is 9.49. The van der Waals surface area contributed by atoms with Crippen molar-refractivity contribution in [3.8, 4) is 6.07 Å². The third-order valence-corrected chi connectivity index (χ3v) is 4.59. The highest BCUT2D eigenvalue weighted by molar-refractivity contribution is 9.12. The Morgan fingerprint density at radius 3 is 1.80 bits per heavy atom. The summed E-state index contributed by atoms with van der Waals surface area (Å²) in [5.74, 6) is 0. The lowest BCUT2D eigenvalue weighted by atomic mass is 9.96. The summed E-state index contributed by atoms with van der Waals surface area (Å²) in [7, 11) is 0. The van der Waals surface area contributed by atoms with Crippen LogP contribution in [0.5, 0.6) is 0 Å². The van der Waals surface area contributed by atoms with Crippen molar-refractivity contribution >= 4 is 71.6 Å². The Balaban J connectivity index is 3.63. The van der Waals surface area contributed by atoms with Crippen LogP contribution in [-0.4, -0.2) is 9.73 Å². The first-order valence-corrected chi connectivity index (χ1v) is 7.78. The fourth-order valence-corrected chi connectivity index (χ4v) is 2.34. The molecule has 100 valence electrons. The van der Waals surface area contributed by atoms with Crippen LogP contribution >= 0.6 is 56.3 Å². The Labute approximate surface area is 145 Å². The van der Waals surface area contributed by atoms with E-state index in [1.165, 1.54) is 0 Å². The molecule has 0 aromatic heterocycles. The second-order valence-electron chi connectivity index (χ2n) is 3.70. The maximum Gasteiger partial charge on any atom is 0.100 e. The molecule has 0 aliphatic heterocycles. The van der Waals surface area contributed by atoms with Gasteiger partial charge >= 0.3 is 0 Å². The van der Waals surface area contributed by atoms with Crippen LogP contribution in [0.4, 0.5) is 0 Å². The Hall–Kier alpha value is -0.930. The number of benzene rings is 1. The number of hydrogen-bond acceptors (Lipinski definition) is 3. The van der Waals surface area contributed by atoms with Gasteiger partial charge in [-0.1, -0.05) is 67.9 Å². The van der Waals surface area contributed by atoms with E-state index in [0.29, 0.717) is 29.8 Å². The van der Waals surface area contributed by atoms with Gasteiger partial charge in [-0.3, -0.25) is 0 Å². The summed E-state index contributed by atoms with van der Waals surface area (Å²) in [6.45, 7) is 7.51. The molecule has 0 amide bonds. The van der Waals surface area contributed by atoms with Gasteiger partial charge in [0.2, 0.25) is 0 Å². The van der Waals surface area contributed by atoms with E-state index in [-0.39, 0.29) is 0 Å². The van der Waals surface area contributed by atoms with Gasteiger partial charge < -0.3 is 0 Å². The first-order valence-electron chi connectivity index (χ1n) is 5.38. The zero-order chi connectivity index (χ0) is 15.3. The van der Waals surface area contributed by atoms with E-state index < -0.39 is 0 Å². The van der Waals surface area contributed by atoms with Gasteiger partial charge in [0, 0.05) is 14.5 Å². The Morgan fingerprint density at radius 2 is 1.45 bits per heavy atom. The van der Waals surface area contributed by atoms with Gasteiger partial charge in [0.1, 0.15) is 6.07 Å². The lowest BCUT2D eigenvalue weighted by Crippen LogP contribution is -2.12. The standard InChI is InChI=1S/C15H9Br2NS2/c1-9(16)14(19)13(15(20)10(2)17)12(8-18)11-6-4-3-5-7-11/h3-7H,1-2H2. The molecule has 0 radical (unpaired) electrons. The maximum atomic E-state index is 9.49. The third kappa shape index (κ3) is 4.03. The number of rotatable bonds is 5. The van der Waals surface area contributed by atoms with Crippen LogP contribution in [0.3, 0.4) is 0 Å². The summed E-state index contributed by atoms with van der Waals surface area (Å²) in [6, 6.07) is 11.4. The molecule has 0 aliphatic carbocycles. The molecular formula is C15H9Br2NS2. The first-order chi connectivity index (χ1) is 9.40. The highest BCUT2D eigenvalue weighted by atomic mass is 79.9. The fourth-order valence-electron chi connectivity index (χ4n) is 1.47. The van der Waals surface area contributed by atoms with Gasteiger partial charge in [0.05, 0.1) is 15.3 Å². The molecule has 0 aliphatic rings. The van der Waals surface area contributed by atoms with E-state index >= 15 is 0 Å². The van der Waals surface area contributed by atoms with Gasteiger partial charge in [0.25, 0.3) is 0 Å². The Kier molecular flexibility index (Phi) is 6.63. The molecule has 20 heavy (non-hydrogen) atoms. The molecule has 0 saturated heterocycles. The molecule has 0 unspecified atom stereocenters. The molecule has 0 fully saturated rings. The molecule has 1 aromatic carbocycles. The van der Waals surface area contributed by atoms with E-state index in [1.54, 1.807) is 0 Å². The molecule has 0 bridgehead atoms. The molecule has 0 atom stereocenters. The molecule has 5 heteroatoms. The Bertz CT molecular complexity index is 639. The quantitative estimate of drug-likeness (QED) is 0.351. The van der Waals surface area contributed by atoms with Gasteiger partial charge in [-0.25, -0.2) is 0 Å². The van der Waals surface area contributed by atoms with Crippen molar-refractivity contribution in [2.24, 2.45) is 0 Å². The highest BCUT2D eigenvalue weighted by Gasteiger charge is 2.20. The molecule has 1 rings (SSSR count). The summed E-state index contributed by atoms with van der Waals surface area (Å²) in [6.07, 6.45) is 0. The largest absolute Gasteiger partial charge is 0.192 e. The van der Waals surface area contributed by atoms with Crippen molar-refractivity contribution in [2.75, 3.05) is 0 Å². The summed E-state index contributed by atoms with van der Waals surface area (Å²) in [4.78, 5) is 0.798. The molecule has 0 heterocycles. The van der Waals surface area contributed by atoms with Crippen molar-refractivity contribution in [1.82, 2.24) is 0 Å². The fraction of sp³-hybridized carbons (Fsp3) is 0. The van der Waals surface area contributed by atoms with Crippen molar-refractivity contribution in [1.29, 1.82) is 5.26 Å². The third-order valence-electron chi connectivity index (χ3n) is 2.37. The van der Waals surface area contributed by atoms with Crippen molar-refractivity contribution in [2.45, 2.75) is 0 Å². The molecule has 0 N–H and O–H groups in total. The van der Waals surface area contributed by atoms with Crippen molar-refractivity contribution in [3.05, 3.63) is 63.6 Å². The number of nitriles is 1. The van der Waals surface area contributed by atoms with E-state index in [9.17, 15) is 5.26 Å². The first kappa shape index (κ1) is 17.1. The van der Waals surface area contributed by atoms with Gasteiger partial charge in [-0.05, 0) is 37.4 Å². The van der Waals surface area contributed by atoms with Crippen LogP contribution in [0.1, 0.15) is 5.56 Å². The van der Waals surface area contributed by atoms with E-state index in [1.807, 2.05) is 30.3 Å². The number of halogens is 2. The van der Waals surface area contributed by atoms with Crippen molar-refractivity contribution < 1.29 is 0 Å². The van der Waals surface area contributed by atoms with Crippen LogP contribution in [-0.2, 0) is 0 Å². The number of hydrogen-bond donors (Lipinski definition) is 0. The van der Waals surface area contributed by atoms with Crippen molar-refractivity contribution in [3.63, 3.8) is 0 Å². The smallest absolute Gasteiger partial charge is 0.100 e. The predicted molar refractivity (Wildman–Crippen MR) is 100 cm³/mol. The van der Waals surface area contributed by atoms with Gasteiger partial charge in [0.15, 0.2) is 0 Å². The average molecular weight is 427 g/mol. The minimum atomic E-state index is 0.399. The number of thiocarbonyl (C=S) groups is 2. The average Bonchev–Trinajstić information content (AvgIpc) is 2.43. The zero-order valence-electron chi connectivity index (χ0n) is 10.3. The molecule has 0 saturated carbocycles.